The number of nitro benzene ring substituents is 1. The van der Waals surface area contributed by atoms with E-state index >= 15 is 0 Å². The Kier molecular flexibility index (Phi) is 5.62. The number of nitrogens with zero attached hydrogens (tertiary/aromatic N) is 2. The molecule has 0 fully saturated rings. The standard InChI is InChI=1S/C17H17N3O4/c1-12-4-3-5-15(8-12)24-11-17(21)19-18-10-14-7-6-13(2)16(9-14)20(22)23/h3-10H,11H2,1-2H3,(H,19,21)/b18-10-. The molecule has 0 radical (unpaired) electrons. The SMILES string of the molecule is Cc1cccc(OCC(=O)N/N=C\c2ccc(C)c([N+](=O)[O-])c2)c1. The van der Waals surface area contributed by atoms with E-state index in [-0.39, 0.29) is 12.3 Å². The Labute approximate surface area is 139 Å². The first-order valence-corrected chi connectivity index (χ1v) is 7.22. The maximum atomic E-state index is 11.7. The molecule has 0 aromatic heterocycles. The number of hydrogen-bond donors (Lipinski definition) is 1. The van der Waals surface area contributed by atoms with Gasteiger partial charge in [0.1, 0.15) is 5.75 Å². The van der Waals surface area contributed by atoms with Crippen LogP contribution in [0.25, 0.3) is 0 Å². The van der Waals surface area contributed by atoms with Crippen molar-refractivity contribution in [2.45, 2.75) is 13.8 Å². The second-order valence-electron chi connectivity index (χ2n) is 5.20. The van der Waals surface area contributed by atoms with Crippen LogP contribution >= 0.6 is 0 Å². The molecule has 0 aliphatic heterocycles. The van der Waals surface area contributed by atoms with Crippen LogP contribution in [0.2, 0.25) is 0 Å². The molecule has 0 saturated carbocycles. The maximum absolute atomic E-state index is 11.7. The minimum absolute atomic E-state index is 0.00746. The van der Waals surface area contributed by atoms with Gasteiger partial charge in [0.25, 0.3) is 11.6 Å². The van der Waals surface area contributed by atoms with Gasteiger partial charge in [-0.3, -0.25) is 14.9 Å². The predicted molar refractivity (Wildman–Crippen MR) is 90.2 cm³/mol. The van der Waals surface area contributed by atoms with Gasteiger partial charge in [-0.2, -0.15) is 5.10 Å². The first-order chi connectivity index (χ1) is 11.5. The Bertz CT molecular complexity index is 787. The highest BCUT2D eigenvalue weighted by molar-refractivity contribution is 5.83. The molecule has 1 amide bonds. The van der Waals surface area contributed by atoms with Crippen molar-refractivity contribution >= 4 is 17.8 Å². The summed E-state index contributed by atoms with van der Waals surface area (Å²) in [6.07, 6.45) is 1.34. The third-order valence-electron chi connectivity index (χ3n) is 3.19. The molecule has 0 aliphatic rings. The number of nitro groups is 1. The van der Waals surface area contributed by atoms with Crippen LogP contribution in [-0.4, -0.2) is 23.7 Å². The van der Waals surface area contributed by atoms with E-state index in [1.54, 1.807) is 25.1 Å². The molecule has 0 heterocycles. The molecule has 2 aromatic rings. The number of rotatable bonds is 6. The normalized spacial score (nSPS) is 10.6. The summed E-state index contributed by atoms with van der Waals surface area (Å²) in [4.78, 5) is 22.1. The summed E-state index contributed by atoms with van der Waals surface area (Å²) in [5.41, 5.74) is 4.44. The lowest BCUT2D eigenvalue weighted by Crippen LogP contribution is -2.24. The van der Waals surface area contributed by atoms with Crippen LogP contribution in [-0.2, 0) is 4.79 Å². The molecule has 7 heteroatoms. The van der Waals surface area contributed by atoms with Gasteiger partial charge in [-0.1, -0.05) is 24.3 Å². The molecule has 124 valence electrons. The monoisotopic (exact) mass is 327 g/mol. The van der Waals surface area contributed by atoms with Crippen molar-refractivity contribution in [3.63, 3.8) is 0 Å². The minimum atomic E-state index is -0.457. The van der Waals surface area contributed by atoms with Gasteiger partial charge in [-0.05, 0) is 31.5 Å². The lowest BCUT2D eigenvalue weighted by atomic mass is 10.1. The molecule has 1 N–H and O–H groups in total. The van der Waals surface area contributed by atoms with Crippen molar-refractivity contribution < 1.29 is 14.5 Å². The number of aryl methyl sites for hydroxylation is 2. The quantitative estimate of drug-likeness (QED) is 0.501. The van der Waals surface area contributed by atoms with E-state index < -0.39 is 10.8 Å². The highest BCUT2D eigenvalue weighted by Gasteiger charge is 2.10. The highest BCUT2D eigenvalue weighted by atomic mass is 16.6. The van der Waals surface area contributed by atoms with Crippen LogP contribution in [0.15, 0.2) is 47.6 Å². The predicted octanol–water partition coefficient (Wildman–Crippen LogP) is 2.74. The fraction of sp³-hybridized carbons (Fsp3) is 0.176. The molecule has 0 spiro atoms. The molecular formula is C17H17N3O4. The zero-order valence-electron chi connectivity index (χ0n) is 13.4. The molecule has 7 nitrogen and oxygen atoms in total. The summed E-state index contributed by atoms with van der Waals surface area (Å²) in [5.74, 6) is 0.178. The average molecular weight is 327 g/mol. The van der Waals surface area contributed by atoms with Crippen LogP contribution in [0.3, 0.4) is 0 Å². The molecule has 0 unspecified atom stereocenters. The summed E-state index contributed by atoms with van der Waals surface area (Å²) >= 11 is 0. The zero-order chi connectivity index (χ0) is 17.5. The van der Waals surface area contributed by atoms with Gasteiger partial charge in [0, 0.05) is 17.2 Å². The van der Waals surface area contributed by atoms with Crippen LogP contribution in [0.4, 0.5) is 5.69 Å². The number of hydrazone groups is 1. The molecule has 2 rings (SSSR count). The summed E-state index contributed by atoms with van der Waals surface area (Å²) in [6, 6.07) is 12.1. The number of nitrogens with one attached hydrogen (secondary N) is 1. The highest BCUT2D eigenvalue weighted by Crippen LogP contribution is 2.18. The van der Waals surface area contributed by atoms with Crippen molar-refractivity contribution in [1.82, 2.24) is 5.43 Å². The van der Waals surface area contributed by atoms with Gasteiger partial charge in [0.15, 0.2) is 6.61 Å². The van der Waals surface area contributed by atoms with Gasteiger partial charge in [0.2, 0.25) is 0 Å². The van der Waals surface area contributed by atoms with E-state index in [2.05, 4.69) is 10.5 Å². The van der Waals surface area contributed by atoms with Gasteiger partial charge in [0.05, 0.1) is 11.1 Å². The Balaban J connectivity index is 1.88. The number of ether oxygens (including phenoxy) is 1. The molecule has 0 saturated heterocycles. The van der Waals surface area contributed by atoms with Crippen LogP contribution < -0.4 is 10.2 Å². The van der Waals surface area contributed by atoms with Crippen molar-refractivity contribution in [2.24, 2.45) is 5.10 Å². The van der Waals surface area contributed by atoms with E-state index in [1.807, 2.05) is 25.1 Å². The Hall–Kier alpha value is -3.22. The van der Waals surface area contributed by atoms with E-state index in [0.29, 0.717) is 16.9 Å². The fourth-order valence-corrected chi connectivity index (χ4v) is 1.97. The minimum Gasteiger partial charge on any atom is -0.484 e. The van der Waals surface area contributed by atoms with E-state index in [1.165, 1.54) is 12.3 Å². The Morgan fingerprint density at radius 3 is 2.79 bits per heavy atom. The molecule has 0 bridgehead atoms. The van der Waals surface area contributed by atoms with E-state index in [0.717, 1.165) is 5.56 Å². The molecular weight excluding hydrogens is 310 g/mol. The number of hydrogen-bond acceptors (Lipinski definition) is 5. The number of amides is 1. The third kappa shape index (κ3) is 4.91. The largest absolute Gasteiger partial charge is 0.484 e. The summed E-state index contributed by atoms with van der Waals surface area (Å²) < 4.78 is 5.34. The van der Waals surface area contributed by atoms with Gasteiger partial charge < -0.3 is 4.74 Å². The van der Waals surface area contributed by atoms with Crippen molar-refractivity contribution in [2.75, 3.05) is 6.61 Å². The second-order valence-corrected chi connectivity index (χ2v) is 5.20. The Morgan fingerprint density at radius 2 is 2.08 bits per heavy atom. The number of carbonyl (C=O) groups excluding carboxylic acids is 1. The molecule has 0 aliphatic carbocycles. The molecule has 2 aromatic carbocycles. The lowest BCUT2D eigenvalue weighted by molar-refractivity contribution is -0.385. The molecule has 0 atom stereocenters. The van der Waals surface area contributed by atoms with Crippen LogP contribution in [0, 0.1) is 24.0 Å². The van der Waals surface area contributed by atoms with Crippen LogP contribution in [0.1, 0.15) is 16.7 Å². The lowest BCUT2D eigenvalue weighted by Gasteiger charge is -2.05. The smallest absolute Gasteiger partial charge is 0.277 e. The summed E-state index contributed by atoms with van der Waals surface area (Å²) in [5, 5.41) is 14.6. The zero-order valence-corrected chi connectivity index (χ0v) is 13.4. The number of carbonyl (C=O) groups is 1. The average Bonchev–Trinajstić information content (AvgIpc) is 2.54. The van der Waals surface area contributed by atoms with E-state index in [9.17, 15) is 14.9 Å². The summed E-state index contributed by atoms with van der Waals surface area (Å²) in [7, 11) is 0. The fourth-order valence-electron chi connectivity index (χ4n) is 1.97. The number of benzene rings is 2. The third-order valence-corrected chi connectivity index (χ3v) is 3.19. The summed E-state index contributed by atoms with van der Waals surface area (Å²) in [6.45, 7) is 3.41. The maximum Gasteiger partial charge on any atom is 0.277 e. The van der Waals surface area contributed by atoms with E-state index in [4.69, 9.17) is 4.74 Å². The van der Waals surface area contributed by atoms with Gasteiger partial charge in [-0.25, -0.2) is 5.43 Å². The first kappa shape index (κ1) is 17.1. The van der Waals surface area contributed by atoms with Crippen molar-refractivity contribution in [3.8, 4) is 5.75 Å². The van der Waals surface area contributed by atoms with Crippen LogP contribution in [0.5, 0.6) is 5.75 Å². The van der Waals surface area contributed by atoms with Crippen molar-refractivity contribution in [1.29, 1.82) is 0 Å². The van der Waals surface area contributed by atoms with Gasteiger partial charge >= 0.3 is 0 Å². The Morgan fingerprint density at radius 1 is 1.29 bits per heavy atom. The van der Waals surface area contributed by atoms with Gasteiger partial charge in [-0.15, -0.1) is 0 Å². The second kappa shape index (κ2) is 7.87. The first-order valence-electron chi connectivity index (χ1n) is 7.22. The van der Waals surface area contributed by atoms with Crippen molar-refractivity contribution in [3.05, 3.63) is 69.3 Å². The topological polar surface area (TPSA) is 93.8 Å². The molecule has 24 heavy (non-hydrogen) atoms.